The van der Waals surface area contributed by atoms with Crippen molar-refractivity contribution in [2.75, 3.05) is 29.3 Å². The maximum atomic E-state index is 12.6. The lowest BCUT2D eigenvalue weighted by atomic mass is 10.1. The number of carboxylic acids is 1. The second kappa shape index (κ2) is 7.87. The smallest absolute Gasteiger partial charge is 0.337 e. The van der Waals surface area contributed by atoms with Gasteiger partial charge in [-0.2, -0.15) is 0 Å². The van der Waals surface area contributed by atoms with Crippen molar-refractivity contribution in [3.63, 3.8) is 0 Å². The van der Waals surface area contributed by atoms with Crippen molar-refractivity contribution in [1.29, 1.82) is 0 Å². The number of nitrogens with one attached hydrogen (secondary N) is 1. The van der Waals surface area contributed by atoms with E-state index in [0.29, 0.717) is 12.4 Å². The summed E-state index contributed by atoms with van der Waals surface area (Å²) in [6.07, 6.45) is 2.13. The fourth-order valence-electron chi connectivity index (χ4n) is 3.06. The quantitative estimate of drug-likeness (QED) is 0.754. The number of aromatic carboxylic acids is 1. The summed E-state index contributed by atoms with van der Waals surface area (Å²) in [5.41, 5.74) is 0.752. The first-order valence-corrected chi connectivity index (χ1v) is 10.3. The number of rotatable bonds is 7. The van der Waals surface area contributed by atoms with E-state index in [1.807, 2.05) is 6.92 Å². The minimum Gasteiger partial charge on any atom is -0.494 e. The fourth-order valence-corrected chi connectivity index (χ4v) is 4.14. The predicted octanol–water partition coefficient (Wildman–Crippen LogP) is 3.18. The summed E-state index contributed by atoms with van der Waals surface area (Å²) in [6, 6.07) is 10.7. The lowest BCUT2D eigenvalue weighted by Crippen LogP contribution is -2.19. The van der Waals surface area contributed by atoms with E-state index >= 15 is 0 Å². The van der Waals surface area contributed by atoms with E-state index in [4.69, 9.17) is 4.74 Å². The molecule has 0 unspecified atom stereocenters. The molecule has 1 saturated heterocycles. The summed E-state index contributed by atoms with van der Waals surface area (Å²) in [6.45, 7) is 4.06. The Bertz CT molecular complexity index is 920. The number of hydrogen-bond donors (Lipinski definition) is 2. The van der Waals surface area contributed by atoms with Crippen LogP contribution in [0.5, 0.6) is 5.75 Å². The van der Waals surface area contributed by atoms with E-state index in [9.17, 15) is 18.3 Å². The Morgan fingerprint density at radius 3 is 2.41 bits per heavy atom. The molecule has 1 heterocycles. The van der Waals surface area contributed by atoms with Crippen LogP contribution in [-0.4, -0.2) is 39.2 Å². The Labute approximate surface area is 158 Å². The molecule has 1 fully saturated rings. The fraction of sp³-hybridized carbons (Fsp3) is 0.316. The Hall–Kier alpha value is -2.74. The van der Waals surface area contributed by atoms with Crippen molar-refractivity contribution < 1.29 is 23.1 Å². The summed E-state index contributed by atoms with van der Waals surface area (Å²) < 4.78 is 33.0. The molecule has 7 nitrogen and oxygen atoms in total. The molecule has 1 aliphatic heterocycles. The summed E-state index contributed by atoms with van der Waals surface area (Å²) in [7, 11) is -3.92. The minimum atomic E-state index is -3.92. The van der Waals surface area contributed by atoms with Gasteiger partial charge < -0.3 is 14.7 Å². The van der Waals surface area contributed by atoms with Crippen LogP contribution in [0.1, 0.15) is 30.1 Å². The third kappa shape index (κ3) is 4.33. The number of sulfonamides is 1. The highest BCUT2D eigenvalue weighted by Crippen LogP contribution is 2.28. The van der Waals surface area contributed by atoms with Crippen LogP contribution >= 0.6 is 0 Å². The number of hydrogen-bond acceptors (Lipinski definition) is 5. The molecule has 0 saturated carbocycles. The molecule has 1 aliphatic rings. The molecule has 0 radical (unpaired) electrons. The number of nitrogens with zero attached hydrogens (tertiary/aromatic N) is 1. The van der Waals surface area contributed by atoms with Crippen molar-refractivity contribution in [2.45, 2.75) is 24.7 Å². The van der Waals surface area contributed by atoms with Gasteiger partial charge in [0.05, 0.1) is 22.8 Å². The van der Waals surface area contributed by atoms with Crippen LogP contribution < -0.4 is 14.4 Å². The maximum absolute atomic E-state index is 12.6. The van der Waals surface area contributed by atoms with E-state index in [2.05, 4.69) is 9.62 Å². The predicted molar refractivity (Wildman–Crippen MR) is 103 cm³/mol. The molecule has 0 amide bonds. The molecule has 2 aromatic rings. The SMILES string of the molecule is CCOc1ccc(S(=O)(=O)Nc2ccc(N3CCCC3)cc2C(=O)O)cc1. The van der Waals surface area contributed by atoms with Crippen molar-refractivity contribution in [3.05, 3.63) is 48.0 Å². The highest BCUT2D eigenvalue weighted by molar-refractivity contribution is 7.92. The number of benzene rings is 2. The molecule has 27 heavy (non-hydrogen) atoms. The first-order valence-electron chi connectivity index (χ1n) is 8.78. The van der Waals surface area contributed by atoms with Gasteiger partial charge in [-0.3, -0.25) is 4.72 Å². The van der Waals surface area contributed by atoms with E-state index in [1.165, 1.54) is 24.3 Å². The average Bonchev–Trinajstić information content (AvgIpc) is 3.17. The number of anilines is 2. The summed E-state index contributed by atoms with van der Waals surface area (Å²) in [5, 5.41) is 9.53. The van der Waals surface area contributed by atoms with E-state index in [0.717, 1.165) is 31.6 Å². The molecule has 2 N–H and O–H groups in total. The van der Waals surface area contributed by atoms with Crippen LogP contribution in [-0.2, 0) is 10.0 Å². The van der Waals surface area contributed by atoms with Gasteiger partial charge in [-0.05, 0) is 62.2 Å². The van der Waals surface area contributed by atoms with Gasteiger partial charge in [-0.1, -0.05) is 0 Å². The molecule has 2 aromatic carbocycles. The van der Waals surface area contributed by atoms with Crippen LogP contribution in [0.25, 0.3) is 0 Å². The van der Waals surface area contributed by atoms with Gasteiger partial charge in [0.1, 0.15) is 5.75 Å². The van der Waals surface area contributed by atoms with Crippen molar-refractivity contribution in [2.24, 2.45) is 0 Å². The van der Waals surface area contributed by atoms with E-state index in [1.54, 1.807) is 18.2 Å². The molecule has 0 aliphatic carbocycles. The molecule has 8 heteroatoms. The second-order valence-electron chi connectivity index (χ2n) is 6.24. The zero-order chi connectivity index (χ0) is 19.4. The first kappa shape index (κ1) is 19.0. The highest BCUT2D eigenvalue weighted by atomic mass is 32.2. The molecule has 3 rings (SSSR count). The second-order valence-corrected chi connectivity index (χ2v) is 7.92. The molecular weight excluding hydrogens is 368 g/mol. The average molecular weight is 390 g/mol. The van der Waals surface area contributed by atoms with Gasteiger partial charge in [0.2, 0.25) is 0 Å². The van der Waals surface area contributed by atoms with Gasteiger partial charge in [0.15, 0.2) is 0 Å². The zero-order valence-electron chi connectivity index (χ0n) is 15.0. The third-order valence-corrected chi connectivity index (χ3v) is 5.78. The Kier molecular flexibility index (Phi) is 5.55. The molecule has 0 aromatic heterocycles. The molecule has 144 valence electrons. The van der Waals surface area contributed by atoms with Gasteiger partial charge in [0.25, 0.3) is 10.0 Å². The summed E-state index contributed by atoms with van der Waals surface area (Å²) in [5.74, 6) is -0.613. The lowest BCUT2D eigenvalue weighted by molar-refractivity contribution is 0.0698. The summed E-state index contributed by atoms with van der Waals surface area (Å²) in [4.78, 5) is 13.8. The molecular formula is C19H22N2O5S. The molecule has 0 atom stereocenters. The highest BCUT2D eigenvalue weighted by Gasteiger charge is 2.21. The maximum Gasteiger partial charge on any atom is 0.337 e. The zero-order valence-corrected chi connectivity index (χ0v) is 15.8. The van der Waals surface area contributed by atoms with Crippen LogP contribution in [0.4, 0.5) is 11.4 Å². The molecule has 0 spiro atoms. The van der Waals surface area contributed by atoms with Crippen LogP contribution in [0.15, 0.2) is 47.4 Å². The normalized spacial score (nSPS) is 14.2. The Balaban J connectivity index is 1.87. The molecule has 0 bridgehead atoms. The lowest BCUT2D eigenvalue weighted by Gasteiger charge is -2.19. The largest absolute Gasteiger partial charge is 0.494 e. The van der Waals surface area contributed by atoms with Crippen LogP contribution in [0.3, 0.4) is 0 Å². The van der Waals surface area contributed by atoms with E-state index < -0.39 is 16.0 Å². The Morgan fingerprint density at radius 1 is 1.15 bits per heavy atom. The van der Waals surface area contributed by atoms with Crippen molar-refractivity contribution >= 4 is 27.4 Å². The monoisotopic (exact) mass is 390 g/mol. The van der Waals surface area contributed by atoms with Gasteiger partial charge in [0, 0.05) is 18.8 Å². The standard InChI is InChI=1S/C19H22N2O5S/c1-2-26-15-6-8-16(9-7-15)27(24,25)20-18-10-5-14(13-17(18)19(22)23)21-11-3-4-12-21/h5-10,13,20H,2-4,11-12H2,1H3,(H,22,23). The first-order chi connectivity index (χ1) is 12.9. The number of ether oxygens (including phenoxy) is 1. The van der Waals surface area contributed by atoms with Gasteiger partial charge in [-0.15, -0.1) is 0 Å². The summed E-state index contributed by atoms with van der Waals surface area (Å²) >= 11 is 0. The van der Waals surface area contributed by atoms with E-state index in [-0.39, 0.29) is 16.1 Å². The minimum absolute atomic E-state index is 0.0333. The number of carbonyl (C=O) groups is 1. The number of carboxylic acid groups (broad SMARTS) is 1. The van der Waals surface area contributed by atoms with Gasteiger partial charge in [-0.25, -0.2) is 13.2 Å². The van der Waals surface area contributed by atoms with Crippen molar-refractivity contribution in [1.82, 2.24) is 0 Å². The third-order valence-electron chi connectivity index (χ3n) is 4.39. The van der Waals surface area contributed by atoms with Crippen LogP contribution in [0.2, 0.25) is 0 Å². The van der Waals surface area contributed by atoms with Crippen molar-refractivity contribution in [3.8, 4) is 5.75 Å². The Morgan fingerprint density at radius 2 is 1.81 bits per heavy atom. The topological polar surface area (TPSA) is 95.9 Å². The van der Waals surface area contributed by atoms with Crippen LogP contribution in [0, 0.1) is 0 Å². The van der Waals surface area contributed by atoms with Gasteiger partial charge >= 0.3 is 5.97 Å².